The average molecular weight is 290 g/mol. The first-order valence-electron chi connectivity index (χ1n) is 6.82. The zero-order valence-electron chi connectivity index (χ0n) is 11.5. The van der Waals surface area contributed by atoms with Crippen molar-refractivity contribution < 1.29 is 9.59 Å². The van der Waals surface area contributed by atoms with Crippen LogP contribution in [0.2, 0.25) is 5.02 Å². The second kappa shape index (κ2) is 4.74. The molecule has 0 bridgehead atoms. The predicted molar refractivity (Wildman–Crippen MR) is 78.6 cm³/mol. The molecule has 2 aliphatic rings. The van der Waals surface area contributed by atoms with Crippen LogP contribution in [0.5, 0.6) is 0 Å². The van der Waals surface area contributed by atoms with Crippen molar-refractivity contribution in [3.05, 3.63) is 40.9 Å². The summed E-state index contributed by atoms with van der Waals surface area (Å²) in [5, 5.41) is 0.573. The second-order valence-corrected chi connectivity index (χ2v) is 5.96. The molecule has 0 aromatic heterocycles. The van der Waals surface area contributed by atoms with Crippen LogP contribution in [0, 0.1) is 24.7 Å². The van der Waals surface area contributed by atoms with E-state index in [-0.39, 0.29) is 29.6 Å². The number of hydrogen-bond acceptors (Lipinski definition) is 2. The topological polar surface area (TPSA) is 37.4 Å². The maximum atomic E-state index is 12.7. The number of carbonyl (C=O) groups is 2. The zero-order valence-corrected chi connectivity index (χ0v) is 12.2. The van der Waals surface area contributed by atoms with Crippen LogP contribution in [0.25, 0.3) is 0 Å². The number of allylic oxidation sites excluding steroid dienone is 2. The van der Waals surface area contributed by atoms with Gasteiger partial charge in [-0.3, -0.25) is 9.59 Å². The van der Waals surface area contributed by atoms with Gasteiger partial charge in [0.15, 0.2) is 0 Å². The number of anilines is 1. The van der Waals surface area contributed by atoms with Gasteiger partial charge in [-0.25, -0.2) is 4.90 Å². The van der Waals surface area contributed by atoms with Gasteiger partial charge >= 0.3 is 0 Å². The molecule has 0 unspecified atom stereocenters. The number of carbonyl (C=O) groups excluding carboxylic acids is 2. The van der Waals surface area contributed by atoms with Gasteiger partial charge in [0.05, 0.1) is 17.5 Å². The fraction of sp³-hybridized carbons (Fsp3) is 0.375. The van der Waals surface area contributed by atoms with Crippen molar-refractivity contribution in [2.24, 2.45) is 17.8 Å². The van der Waals surface area contributed by atoms with Crippen molar-refractivity contribution in [2.45, 2.75) is 20.3 Å². The Hall–Kier alpha value is -1.61. The summed E-state index contributed by atoms with van der Waals surface area (Å²) < 4.78 is 0. The van der Waals surface area contributed by atoms with E-state index in [9.17, 15) is 9.59 Å². The number of amides is 2. The lowest BCUT2D eigenvalue weighted by Gasteiger charge is -2.22. The summed E-state index contributed by atoms with van der Waals surface area (Å²) in [6.07, 6.45) is 4.68. The smallest absolute Gasteiger partial charge is 0.238 e. The molecule has 1 aliphatic heterocycles. The Morgan fingerprint density at radius 2 is 2.00 bits per heavy atom. The van der Waals surface area contributed by atoms with Gasteiger partial charge in [0.1, 0.15) is 0 Å². The molecule has 3 nitrogen and oxygen atoms in total. The highest BCUT2D eigenvalue weighted by Gasteiger charge is 2.50. The van der Waals surface area contributed by atoms with Crippen molar-refractivity contribution in [3.63, 3.8) is 0 Å². The van der Waals surface area contributed by atoms with Crippen molar-refractivity contribution in [3.8, 4) is 0 Å². The number of hydrogen-bond donors (Lipinski definition) is 0. The predicted octanol–water partition coefficient (Wildman–Crippen LogP) is 3.35. The van der Waals surface area contributed by atoms with Crippen LogP contribution in [0.4, 0.5) is 5.69 Å². The van der Waals surface area contributed by atoms with Crippen LogP contribution in [0.3, 0.4) is 0 Å². The Labute approximate surface area is 123 Å². The molecule has 1 aromatic carbocycles. The molecule has 1 fully saturated rings. The number of halogens is 1. The monoisotopic (exact) mass is 289 g/mol. The van der Waals surface area contributed by atoms with E-state index < -0.39 is 0 Å². The molecule has 1 aromatic rings. The minimum Gasteiger partial charge on any atom is -0.274 e. The summed E-state index contributed by atoms with van der Waals surface area (Å²) in [6, 6.07) is 5.32. The fourth-order valence-corrected chi connectivity index (χ4v) is 3.39. The summed E-state index contributed by atoms with van der Waals surface area (Å²) in [5.41, 5.74) is 1.39. The first-order valence-corrected chi connectivity index (χ1v) is 7.19. The molecule has 0 radical (unpaired) electrons. The molecule has 2 amide bonds. The van der Waals surface area contributed by atoms with Crippen LogP contribution in [0.15, 0.2) is 30.4 Å². The van der Waals surface area contributed by atoms with E-state index in [0.29, 0.717) is 17.1 Å². The Kier molecular flexibility index (Phi) is 3.17. The molecule has 0 N–H and O–H groups in total. The van der Waals surface area contributed by atoms with Crippen molar-refractivity contribution in [1.82, 2.24) is 0 Å². The number of benzene rings is 1. The molecule has 0 saturated carbocycles. The average Bonchev–Trinajstić information content (AvgIpc) is 2.67. The van der Waals surface area contributed by atoms with E-state index in [0.717, 1.165) is 5.56 Å². The van der Waals surface area contributed by atoms with Gasteiger partial charge in [-0.1, -0.05) is 36.7 Å². The number of nitrogens with zero attached hydrogens (tertiary/aromatic N) is 1. The molecule has 3 atom stereocenters. The summed E-state index contributed by atoms with van der Waals surface area (Å²) in [6.45, 7) is 3.83. The van der Waals surface area contributed by atoms with Gasteiger partial charge in [0.2, 0.25) is 11.8 Å². The molecule has 1 aliphatic carbocycles. The Morgan fingerprint density at radius 1 is 1.25 bits per heavy atom. The van der Waals surface area contributed by atoms with Gasteiger partial charge in [0, 0.05) is 5.02 Å². The van der Waals surface area contributed by atoms with Crippen LogP contribution < -0.4 is 4.90 Å². The Bertz CT molecular complexity index is 623. The lowest BCUT2D eigenvalue weighted by atomic mass is 9.78. The largest absolute Gasteiger partial charge is 0.274 e. The first-order chi connectivity index (χ1) is 9.52. The third-order valence-corrected chi connectivity index (χ3v) is 4.76. The van der Waals surface area contributed by atoms with Crippen molar-refractivity contribution in [2.75, 3.05) is 4.90 Å². The number of rotatable bonds is 1. The maximum Gasteiger partial charge on any atom is 0.238 e. The molecule has 0 spiro atoms. The lowest BCUT2D eigenvalue weighted by molar-refractivity contribution is -0.122. The minimum absolute atomic E-state index is 0.0952. The third kappa shape index (κ3) is 1.80. The van der Waals surface area contributed by atoms with Gasteiger partial charge < -0.3 is 0 Å². The molecule has 1 heterocycles. The molecular formula is C16H16ClNO2. The molecule has 3 rings (SSSR count). The second-order valence-electron chi connectivity index (χ2n) is 5.55. The van der Waals surface area contributed by atoms with Gasteiger partial charge in [-0.05, 0) is 37.0 Å². The van der Waals surface area contributed by atoms with Crippen molar-refractivity contribution in [1.29, 1.82) is 0 Å². The fourth-order valence-electron chi connectivity index (χ4n) is 3.22. The quantitative estimate of drug-likeness (QED) is 0.587. The van der Waals surface area contributed by atoms with Crippen LogP contribution in [-0.2, 0) is 9.59 Å². The van der Waals surface area contributed by atoms with Gasteiger partial charge in [-0.15, -0.1) is 0 Å². The van der Waals surface area contributed by atoms with Crippen LogP contribution in [-0.4, -0.2) is 11.8 Å². The Morgan fingerprint density at radius 3 is 2.70 bits per heavy atom. The van der Waals surface area contributed by atoms with E-state index in [1.807, 2.05) is 26.0 Å². The van der Waals surface area contributed by atoms with Gasteiger partial charge in [-0.2, -0.15) is 0 Å². The zero-order chi connectivity index (χ0) is 14.4. The highest BCUT2D eigenvalue weighted by Crippen LogP contribution is 2.41. The normalized spacial score (nSPS) is 28.9. The maximum absolute atomic E-state index is 12.7. The highest BCUT2D eigenvalue weighted by molar-refractivity contribution is 6.32. The lowest BCUT2D eigenvalue weighted by Crippen LogP contribution is -2.32. The molecular weight excluding hydrogens is 274 g/mol. The summed E-state index contributed by atoms with van der Waals surface area (Å²) in [7, 11) is 0. The third-order valence-electron chi connectivity index (χ3n) is 4.35. The standard InChI is InChI=1S/C16H16ClNO2/c1-9-5-3-6-11-14(9)16(20)18(15(11)19)13-8-4-7-12(17)10(13)2/h3-5,7-9,11,14H,6H2,1-2H3/t9-,11+,14-/m0/s1. The van der Waals surface area contributed by atoms with Gasteiger partial charge in [0.25, 0.3) is 0 Å². The van der Waals surface area contributed by atoms with E-state index in [2.05, 4.69) is 0 Å². The highest BCUT2D eigenvalue weighted by atomic mass is 35.5. The van der Waals surface area contributed by atoms with E-state index >= 15 is 0 Å². The molecule has 104 valence electrons. The van der Waals surface area contributed by atoms with Crippen LogP contribution >= 0.6 is 11.6 Å². The summed E-state index contributed by atoms with van der Waals surface area (Å²) >= 11 is 6.11. The summed E-state index contributed by atoms with van der Waals surface area (Å²) in [5.74, 6) is -0.537. The minimum atomic E-state index is -0.231. The summed E-state index contributed by atoms with van der Waals surface area (Å²) in [4.78, 5) is 26.6. The van der Waals surface area contributed by atoms with E-state index in [1.54, 1.807) is 18.2 Å². The molecule has 4 heteroatoms. The van der Waals surface area contributed by atoms with Crippen molar-refractivity contribution >= 4 is 29.1 Å². The number of fused-ring (bicyclic) bond motifs is 1. The SMILES string of the molecule is Cc1c(Cl)cccc1N1C(=O)[C@H]2[C@@H](C)C=CC[C@H]2C1=O. The van der Waals surface area contributed by atoms with E-state index in [1.165, 1.54) is 4.90 Å². The molecule has 20 heavy (non-hydrogen) atoms. The van der Waals surface area contributed by atoms with Crippen LogP contribution in [0.1, 0.15) is 18.9 Å². The number of imide groups is 1. The molecule has 1 saturated heterocycles. The Balaban J connectivity index is 2.06. The first kappa shape index (κ1) is 13.4. The van der Waals surface area contributed by atoms with E-state index in [4.69, 9.17) is 11.6 Å².